The zero-order valence-electron chi connectivity index (χ0n) is 16.8. The normalized spacial score (nSPS) is 20.4. The molecule has 2 aliphatic heterocycles. The van der Waals surface area contributed by atoms with Crippen LogP contribution in [0.4, 0.5) is 4.79 Å². The maximum Gasteiger partial charge on any atom is 0.325 e. The Morgan fingerprint density at radius 2 is 1.97 bits per heavy atom. The van der Waals surface area contributed by atoms with E-state index in [9.17, 15) is 14.7 Å². The topological polar surface area (TPSA) is 121 Å². The lowest BCUT2D eigenvalue weighted by molar-refractivity contribution is -0.132. The average molecular weight is 423 g/mol. The Morgan fingerprint density at radius 1 is 1.23 bits per heavy atom. The molecule has 1 fully saturated rings. The standard InChI is InChI=1S/C22H21N3O6/c1-22(15-4-7-18-19(10-15)31-13-30-18)20(27)25(21(28)24-22)11-16(26)12-29-17-5-2-14(3-6-17)8-9-23/h2-7,10,16,26H,8,11-13H2,1H3,(H,24,28)/t16-,22-/m1/s1. The quantitative estimate of drug-likeness (QED) is 0.650. The number of benzene rings is 2. The van der Waals surface area contributed by atoms with Gasteiger partial charge in [-0.15, -0.1) is 0 Å². The van der Waals surface area contributed by atoms with E-state index in [4.69, 9.17) is 19.5 Å². The van der Waals surface area contributed by atoms with Crippen LogP contribution in [-0.4, -0.2) is 48.0 Å². The summed E-state index contributed by atoms with van der Waals surface area (Å²) in [6.45, 7) is 1.40. The largest absolute Gasteiger partial charge is 0.491 e. The molecule has 2 aromatic carbocycles. The number of imide groups is 1. The molecule has 9 nitrogen and oxygen atoms in total. The number of nitrogens with zero attached hydrogens (tertiary/aromatic N) is 2. The summed E-state index contributed by atoms with van der Waals surface area (Å²) in [5.74, 6) is 1.13. The minimum absolute atomic E-state index is 0.102. The summed E-state index contributed by atoms with van der Waals surface area (Å²) in [4.78, 5) is 26.5. The summed E-state index contributed by atoms with van der Waals surface area (Å²) in [6.07, 6.45) is -0.774. The lowest BCUT2D eigenvalue weighted by atomic mass is 9.91. The summed E-state index contributed by atoms with van der Waals surface area (Å²) < 4.78 is 16.2. The molecule has 0 saturated carbocycles. The fraction of sp³-hybridized carbons (Fsp3) is 0.318. The van der Waals surface area contributed by atoms with Crippen LogP contribution in [0.2, 0.25) is 0 Å². The Labute approximate surface area is 178 Å². The molecule has 0 spiro atoms. The highest BCUT2D eigenvalue weighted by Gasteiger charge is 2.49. The zero-order chi connectivity index (χ0) is 22.0. The van der Waals surface area contributed by atoms with E-state index < -0.39 is 23.6 Å². The van der Waals surface area contributed by atoms with Crippen LogP contribution in [0.1, 0.15) is 18.1 Å². The van der Waals surface area contributed by atoms with Gasteiger partial charge in [-0.25, -0.2) is 4.79 Å². The van der Waals surface area contributed by atoms with Crippen molar-refractivity contribution in [2.24, 2.45) is 0 Å². The minimum atomic E-state index is -1.28. The highest BCUT2D eigenvalue weighted by molar-refractivity contribution is 6.07. The molecule has 0 radical (unpaired) electrons. The number of hydrogen-bond donors (Lipinski definition) is 2. The number of hydrogen-bond acceptors (Lipinski definition) is 7. The molecule has 3 amide bonds. The second-order valence-corrected chi connectivity index (χ2v) is 7.48. The van der Waals surface area contributed by atoms with Gasteiger partial charge in [-0.2, -0.15) is 5.26 Å². The third kappa shape index (κ3) is 3.98. The smallest absolute Gasteiger partial charge is 0.325 e. The van der Waals surface area contributed by atoms with Gasteiger partial charge in [-0.3, -0.25) is 9.69 Å². The number of rotatable bonds is 7. The molecule has 0 bridgehead atoms. The monoisotopic (exact) mass is 423 g/mol. The Hall–Kier alpha value is -3.77. The number of fused-ring (bicyclic) bond motifs is 1. The van der Waals surface area contributed by atoms with Crippen molar-refractivity contribution < 1.29 is 28.9 Å². The van der Waals surface area contributed by atoms with Crippen LogP contribution in [0, 0.1) is 11.3 Å². The van der Waals surface area contributed by atoms with Gasteiger partial charge in [0.2, 0.25) is 6.79 Å². The van der Waals surface area contributed by atoms with Gasteiger partial charge in [-0.1, -0.05) is 18.2 Å². The van der Waals surface area contributed by atoms with Crippen molar-refractivity contribution in [2.45, 2.75) is 25.0 Å². The third-order valence-electron chi connectivity index (χ3n) is 5.27. The van der Waals surface area contributed by atoms with Crippen LogP contribution in [0.25, 0.3) is 0 Å². The molecule has 31 heavy (non-hydrogen) atoms. The Morgan fingerprint density at radius 3 is 2.71 bits per heavy atom. The molecule has 2 aliphatic rings. The number of carbonyl (C=O) groups excluding carboxylic acids is 2. The summed E-state index contributed by atoms with van der Waals surface area (Å²) in [7, 11) is 0. The molecule has 0 unspecified atom stereocenters. The van der Waals surface area contributed by atoms with Crippen molar-refractivity contribution in [1.82, 2.24) is 10.2 Å². The molecule has 2 N–H and O–H groups in total. The van der Waals surface area contributed by atoms with E-state index in [1.165, 1.54) is 0 Å². The van der Waals surface area contributed by atoms with Gasteiger partial charge in [0.25, 0.3) is 5.91 Å². The summed E-state index contributed by atoms with van der Waals surface area (Å²) in [5.41, 5.74) is 0.133. The number of nitriles is 1. The molecule has 4 rings (SSSR count). The molecule has 2 atom stereocenters. The molecular formula is C22H21N3O6. The van der Waals surface area contributed by atoms with E-state index in [2.05, 4.69) is 11.4 Å². The van der Waals surface area contributed by atoms with Crippen molar-refractivity contribution in [3.63, 3.8) is 0 Å². The number of aliphatic hydroxyl groups excluding tert-OH is 1. The molecular weight excluding hydrogens is 402 g/mol. The van der Waals surface area contributed by atoms with Crippen molar-refractivity contribution in [2.75, 3.05) is 19.9 Å². The number of amides is 3. The predicted molar refractivity (Wildman–Crippen MR) is 107 cm³/mol. The van der Waals surface area contributed by atoms with Crippen LogP contribution < -0.4 is 19.5 Å². The van der Waals surface area contributed by atoms with Crippen molar-refractivity contribution in [3.8, 4) is 23.3 Å². The molecule has 0 aromatic heterocycles. The first kappa shape index (κ1) is 20.5. The van der Waals surface area contributed by atoms with E-state index >= 15 is 0 Å². The SMILES string of the molecule is C[C@]1(c2ccc3c(c2)OCO3)NC(=O)N(C[C@@H](O)COc2ccc(CC#N)cc2)C1=O. The Kier molecular flexibility index (Phi) is 5.40. The van der Waals surface area contributed by atoms with Crippen molar-refractivity contribution in [1.29, 1.82) is 5.26 Å². The van der Waals surface area contributed by atoms with Crippen LogP contribution in [0.15, 0.2) is 42.5 Å². The Balaban J connectivity index is 1.39. The fourth-order valence-corrected chi connectivity index (χ4v) is 3.52. The van der Waals surface area contributed by atoms with E-state index in [0.717, 1.165) is 10.5 Å². The van der Waals surface area contributed by atoms with Crippen molar-refractivity contribution >= 4 is 11.9 Å². The molecule has 9 heteroatoms. The lowest BCUT2D eigenvalue weighted by Gasteiger charge is -2.23. The zero-order valence-corrected chi connectivity index (χ0v) is 16.8. The number of β-amino-alcohol motifs (C(OH)–C–C–N with tert-alkyl or cyclic N) is 1. The number of carbonyl (C=O) groups is 2. The number of ether oxygens (including phenoxy) is 3. The third-order valence-corrected chi connectivity index (χ3v) is 5.27. The molecule has 2 heterocycles. The number of nitrogens with one attached hydrogen (secondary N) is 1. The van der Waals surface area contributed by atoms with Gasteiger partial charge in [0, 0.05) is 0 Å². The molecule has 2 aromatic rings. The number of urea groups is 1. The van der Waals surface area contributed by atoms with E-state index in [-0.39, 0.29) is 19.9 Å². The first-order valence-corrected chi connectivity index (χ1v) is 9.71. The van der Waals surface area contributed by atoms with Crippen molar-refractivity contribution in [3.05, 3.63) is 53.6 Å². The van der Waals surface area contributed by atoms with Crippen LogP contribution in [0.3, 0.4) is 0 Å². The maximum absolute atomic E-state index is 13.0. The second-order valence-electron chi connectivity index (χ2n) is 7.48. The lowest BCUT2D eigenvalue weighted by Crippen LogP contribution is -2.42. The van der Waals surface area contributed by atoms with Gasteiger partial charge in [0.1, 0.15) is 24.0 Å². The molecule has 160 valence electrons. The van der Waals surface area contributed by atoms with E-state index in [1.807, 2.05) is 0 Å². The summed E-state index contributed by atoms with van der Waals surface area (Å²) in [5, 5.41) is 21.7. The van der Waals surface area contributed by atoms with Crippen LogP contribution in [0.5, 0.6) is 17.2 Å². The van der Waals surface area contributed by atoms with Gasteiger partial charge >= 0.3 is 6.03 Å². The first-order chi connectivity index (χ1) is 14.9. The summed E-state index contributed by atoms with van der Waals surface area (Å²) in [6, 6.07) is 13.4. The second kappa shape index (κ2) is 8.16. The fourth-order valence-electron chi connectivity index (χ4n) is 3.52. The van der Waals surface area contributed by atoms with Gasteiger partial charge in [-0.05, 0) is 42.3 Å². The van der Waals surface area contributed by atoms with Crippen LogP contribution in [-0.2, 0) is 16.8 Å². The maximum atomic E-state index is 13.0. The van der Waals surface area contributed by atoms with E-state index in [1.54, 1.807) is 49.4 Å². The highest BCUT2D eigenvalue weighted by atomic mass is 16.7. The van der Waals surface area contributed by atoms with Gasteiger partial charge in [0.15, 0.2) is 11.5 Å². The minimum Gasteiger partial charge on any atom is -0.491 e. The van der Waals surface area contributed by atoms with E-state index in [0.29, 0.717) is 29.2 Å². The average Bonchev–Trinajstić information content (AvgIpc) is 3.32. The first-order valence-electron chi connectivity index (χ1n) is 9.71. The molecule has 0 aliphatic carbocycles. The van der Waals surface area contributed by atoms with Gasteiger partial charge < -0.3 is 24.6 Å². The predicted octanol–water partition coefficient (Wildman–Crippen LogP) is 1.69. The molecule has 1 saturated heterocycles. The van der Waals surface area contributed by atoms with Gasteiger partial charge in [0.05, 0.1) is 19.0 Å². The Bertz CT molecular complexity index is 1050. The summed E-state index contributed by atoms with van der Waals surface area (Å²) >= 11 is 0. The highest BCUT2D eigenvalue weighted by Crippen LogP contribution is 2.37. The number of aliphatic hydroxyl groups is 1. The van der Waals surface area contributed by atoms with Crippen LogP contribution >= 0.6 is 0 Å².